The van der Waals surface area contributed by atoms with Crippen molar-refractivity contribution in [3.05, 3.63) is 0 Å². The van der Waals surface area contributed by atoms with Gasteiger partial charge in [-0.2, -0.15) is 0 Å². The molecule has 0 aromatic carbocycles. The van der Waals surface area contributed by atoms with Crippen LogP contribution in [0.3, 0.4) is 0 Å². The topological polar surface area (TPSA) is 0 Å². The Labute approximate surface area is 122 Å². The molecular weight excluding hydrogens is 232 g/mol. The first-order valence-electron chi connectivity index (χ1n) is 8.38. The van der Waals surface area contributed by atoms with E-state index in [2.05, 4.69) is 42.0 Å². The highest BCUT2D eigenvalue weighted by atomic mass is 15.3. The smallest absolute Gasteiger partial charge is 0.0787 e. The summed E-state index contributed by atoms with van der Waals surface area (Å²) in [7, 11) is 9.53. The van der Waals surface area contributed by atoms with Crippen molar-refractivity contribution in [1.29, 1.82) is 0 Å². The second-order valence-corrected chi connectivity index (χ2v) is 8.16. The average Bonchev–Trinajstić information content (AvgIpc) is 2.84. The van der Waals surface area contributed by atoms with E-state index in [-0.39, 0.29) is 0 Å². The van der Waals surface area contributed by atoms with Gasteiger partial charge in [0.2, 0.25) is 0 Å². The molecule has 0 aromatic heterocycles. The van der Waals surface area contributed by atoms with Crippen LogP contribution in [-0.2, 0) is 0 Å². The molecule has 0 radical (unpaired) electrons. The highest BCUT2D eigenvalue weighted by molar-refractivity contribution is 4.84. The maximum absolute atomic E-state index is 2.38. The Morgan fingerprint density at radius 3 is 1.42 bits per heavy atom. The van der Waals surface area contributed by atoms with Gasteiger partial charge in [-0.25, -0.2) is 0 Å². The van der Waals surface area contributed by atoms with Crippen LogP contribution >= 0.6 is 0 Å². The molecule has 0 aliphatic heterocycles. The van der Waals surface area contributed by atoms with Crippen LogP contribution in [-0.4, -0.2) is 63.3 Å². The number of hydrogen-bond donors (Lipinski definition) is 0. The molecule has 0 atom stereocenters. The monoisotopic (exact) mass is 270 g/mol. The van der Waals surface area contributed by atoms with Crippen LogP contribution in [0.1, 0.15) is 52.4 Å². The van der Waals surface area contributed by atoms with Crippen molar-refractivity contribution >= 4 is 0 Å². The molecule has 0 aromatic rings. The third kappa shape index (κ3) is 5.43. The lowest BCUT2D eigenvalue weighted by atomic mass is 9.79. The second kappa shape index (κ2) is 6.58. The van der Waals surface area contributed by atoms with Gasteiger partial charge in [0.15, 0.2) is 0 Å². The zero-order chi connectivity index (χ0) is 14.6. The summed E-state index contributed by atoms with van der Waals surface area (Å²) in [6.07, 6.45) is 8.80. The molecule has 0 N–H and O–H groups in total. The minimum absolute atomic E-state index is 0.676. The Balaban J connectivity index is 2.55. The summed E-state index contributed by atoms with van der Waals surface area (Å²) in [5.41, 5.74) is 0.676. The van der Waals surface area contributed by atoms with Crippen molar-refractivity contribution < 1.29 is 8.97 Å². The summed E-state index contributed by atoms with van der Waals surface area (Å²) >= 11 is 0. The molecule has 1 fully saturated rings. The van der Waals surface area contributed by atoms with Crippen molar-refractivity contribution in [2.45, 2.75) is 52.4 Å². The Kier molecular flexibility index (Phi) is 5.88. The van der Waals surface area contributed by atoms with Crippen molar-refractivity contribution in [1.82, 2.24) is 0 Å². The molecule has 2 heteroatoms. The minimum atomic E-state index is 0.676. The van der Waals surface area contributed by atoms with E-state index in [1.165, 1.54) is 73.7 Å². The van der Waals surface area contributed by atoms with Crippen LogP contribution in [0.4, 0.5) is 0 Å². The van der Waals surface area contributed by atoms with Crippen LogP contribution in [0.25, 0.3) is 0 Å². The van der Waals surface area contributed by atoms with Crippen LogP contribution in [0.2, 0.25) is 0 Å². The predicted octanol–water partition coefficient (Wildman–Crippen LogP) is 3.52. The molecule has 0 amide bonds. The molecule has 2 nitrogen and oxygen atoms in total. The molecule has 114 valence electrons. The summed E-state index contributed by atoms with van der Waals surface area (Å²) in [5.74, 6) is 0. The lowest BCUT2D eigenvalue weighted by molar-refractivity contribution is -0.892. The minimum Gasteiger partial charge on any atom is -0.329 e. The fourth-order valence-electron chi connectivity index (χ4n) is 3.15. The van der Waals surface area contributed by atoms with Crippen molar-refractivity contribution in [2.24, 2.45) is 5.41 Å². The zero-order valence-electron chi connectivity index (χ0n) is 14.5. The normalized spacial score (nSPS) is 19.9. The number of nitrogens with zero attached hydrogens (tertiary/aromatic N) is 2. The molecule has 1 rings (SSSR count). The molecule has 19 heavy (non-hydrogen) atoms. The number of hydrogen-bond acceptors (Lipinski definition) is 0. The van der Waals surface area contributed by atoms with E-state index in [1.807, 2.05) is 0 Å². The zero-order valence-corrected chi connectivity index (χ0v) is 14.5. The molecular formula is C17H38N2+2. The largest absolute Gasteiger partial charge is 0.329 e. The molecule has 0 unspecified atom stereocenters. The van der Waals surface area contributed by atoms with Gasteiger partial charge in [-0.3, -0.25) is 0 Å². The SMILES string of the molecule is CC[N+](C)(C)CCC1(CC[N+](C)(C)CC)CCCC1. The fraction of sp³-hybridized carbons (Fsp3) is 1.00. The van der Waals surface area contributed by atoms with E-state index in [1.54, 1.807) is 0 Å². The summed E-state index contributed by atoms with van der Waals surface area (Å²) in [5, 5.41) is 0. The molecule has 0 bridgehead atoms. The van der Waals surface area contributed by atoms with Gasteiger partial charge in [0.05, 0.1) is 54.4 Å². The maximum Gasteiger partial charge on any atom is 0.0787 e. The molecule has 1 aliphatic rings. The Morgan fingerprint density at radius 1 is 0.737 bits per heavy atom. The third-order valence-corrected chi connectivity index (χ3v) is 5.87. The van der Waals surface area contributed by atoms with E-state index in [0.29, 0.717) is 5.41 Å². The van der Waals surface area contributed by atoms with E-state index in [0.717, 1.165) is 0 Å². The molecule has 0 spiro atoms. The van der Waals surface area contributed by atoms with Crippen LogP contribution in [0, 0.1) is 5.41 Å². The predicted molar refractivity (Wildman–Crippen MR) is 85.2 cm³/mol. The molecule has 0 heterocycles. The Bertz CT molecular complexity index is 240. The Morgan fingerprint density at radius 2 is 1.11 bits per heavy atom. The quantitative estimate of drug-likeness (QED) is 0.592. The van der Waals surface area contributed by atoms with Gasteiger partial charge in [-0.1, -0.05) is 12.8 Å². The van der Waals surface area contributed by atoms with Gasteiger partial charge in [0, 0.05) is 12.8 Å². The van der Waals surface area contributed by atoms with Gasteiger partial charge in [-0.15, -0.1) is 0 Å². The first-order valence-corrected chi connectivity index (χ1v) is 8.38. The highest BCUT2D eigenvalue weighted by Crippen LogP contribution is 2.44. The summed E-state index contributed by atoms with van der Waals surface area (Å²) in [4.78, 5) is 0. The van der Waals surface area contributed by atoms with E-state index < -0.39 is 0 Å². The van der Waals surface area contributed by atoms with Gasteiger partial charge >= 0.3 is 0 Å². The molecule has 1 saturated carbocycles. The van der Waals surface area contributed by atoms with Crippen LogP contribution in [0.5, 0.6) is 0 Å². The molecule has 0 saturated heterocycles. The van der Waals surface area contributed by atoms with Crippen molar-refractivity contribution in [3.63, 3.8) is 0 Å². The first kappa shape index (κ1) is 17.0. The van der Waals surface area contributed by atoms with Crippen molar-refractivity contribution in [2.75, 3.05) is 54.4 Å². The third-order valence-electron chi connectivity index (χ3n) is 5.87. The lowest BCUT2D eigenvalue weighted by Gasteiger charge is -2.37. The highest BCUT2D eigenvalue weighted by Gasteiger charge is 2.36. The van der Waals surface area contributed by atoms with Crippen LogP contribution < -0.4 is 0 Å². The molecule has 1 aliphatic carbocycles. The average molecular weight is 271 g/mol. The number of rotatable bonds is 8. The van der Waals surface area contributed by atoms with E-state index in [9.17, 15) is 0 Å². The van der Waals surface area contributed by atoms with Gasteiger partial charge < -0.3 is 8.97 Å². The van der Waals surface area contributed by atoms with Gasteiger partial charge in [-0.05, 0) is 32.1 Å². The maximum atomic E-state index is 2.38. The van der Waals surface area contributed by atoms with E-state index >= 15 is 0 Å². The van der Waals surface area contributed by atoms with Gasteiger partial charge in [0.25, 0.3) is 0 Å². The lowest BCUT2D eigenvalue weighted by Crippen LogP contribution is -2.44. The van der Waals surface area contributed by atoms with E-state index in [4.69, 9.17) is 0 Å². The Hall–Kier alpha value is -0.0800. The van der Waals surface area contributed by atoms with Gasteiger partial charge in [0.1, 0.15) is 0 Å². The first-order chi connectivity index (χ1) is 8.74. The summed E-state index contributed by atoms with van der Waals surface area (Å²) in [6, 6.07) is 0. The second-order valence-electron chi connectivity index (χ2n) is 8.16. The standard InChI is InChI=1S/C17H38N2/c1-7-18(3,4)15-13-17(11-9-10-12-17)14-16-19(5,6)8-2/h7-16H2,1-6H3/q+2. The van der Waals surface area contributed by atoms with Crippen LogP contribution in [0.15, 0.2) is 0 Å². The summed E-state index contributed by atoms with van der Waals surface area (Å²) < 4.78 is 2.38. The fourth-order valence-corrected chi connectivity index (χ4v) is 3.15. The number of quaternary nitrogens is 2. The van der Waals surface area contributed by atoms with Crippen molar-refractivity contribution in [3.8, 4) is 0 Å². The summed E-state index contributed by atoms with van der Waals surface area (Å²) in [6.45, 7) is 9.86.